The quantitative estimate of drug-likeness (QED) is 0.435. The van der Waals surface area contributed by atoms with Gasteiger partial charge in [0.15, 0.2) is 6.10 Å². The summed E-state index contributed by atoms with van der Waals surface area (Å²) in [4.78, 5) is 29.0. The van der Waals surface area contributed by atoms with E-state index in [0.29, 0.717) is 11.3 Å². The Balaban J connectivity index is 1.69. The minimum absolute atomic E-state index is 0.0583. The molecular formula is C21H17F2NO5. The largest absolute Gasteiger partial charge is 0.497 e. The van der Waals surface area contributed by atoms with Crippen molar-refractivity contribution in [3.63, 3.8) is 0 Å². The summed E-state index contributed by atoms with van der Waals surface area (Å²) in [5, 5.41) is 0.788. The number of hydrogen-bond acceptors (Lipinski definition) is 6. The van der Waals surface area contributed by atoms with Crippen molar-refractivity contribution in [2.45, 2.75) is 19.6 Å². The molecule has 0 saturated heterocycles. The highest BCUT2D eigenvalue weighted by Crippen LogP contribution is 2.20. The molecule has 0 saturated carbocycles. The molecule has 0 amide bonds. The van der Waals surface area contributed by atoms with Crippen LogP contribution in [-0.4, -0.2) is 36.6 Å². The van der Waals surface area contributed by atoms with Gasteiger partial charge in [0.05, 0.1) is 12.6 Å². The molecule has 0 spiro atoms. The average molecular weight is 401 g/mol. The summed E-state index contributed by atoms with van der Waals surface area (Å²) in [5.41, 5.74) is 0.835. The van der Waals surface area contributed by atoms with Gasteiger partial charge in [-0.3, -0.25) is 4.79 Å². The van der Waals surface area contributed by atoms with E-state index in [1.807, 2.05) is 0 Å². The maximum absolute atomic E-state index is 12.4. The molecule has 8 heteroatoms. The van der Waals surface area contributed by atoms with Crippen LogP contribution in [0.5, 0.6) is 11.5 Å². The minimum atomic E-state index is -2.95. The highest BCUT2D eigenvalue weighted by molar-refractivity contribution is 6.01. The van der Waals surface area contributed by atoms with Gasteiger partial charge in [0, 0.05) is 10.9 Å². The van der Waals surface area contributed by atoms with Crippen LogP contribution >= 0.6 is 0 Å². The summed E-state index contributed by atoms with van der Waals surface area (Å²) < 4.78 is 39.0. The molecule has 0 aliphatic rings. The Morgan fingerprint density at radius 2 is 1.66 bits per heavy atom. The number of methoxy groups -OCH3 is 1. The lowest BCUT2D eigenvalue weighted by Crippen LogP contribution is -2.24. The van der Waals surface area contributed by atoms with Gasteiger partial charge < -0.3 is 14.2 Å². The van der Waals surface area contributed by atoms with Crippen molar-refractivity contribution in [2.75, 3.05) is 7.11 Å². The monoisotopic (exact) mass is 401 g/mol. The number of ketones is 1. The molecule has 29 heavy (non-hydrogen) atoms. The van der Waals surface area contributed by atoms with E-state index < -0.39 is 24.5 Å². The van der Waals surface area contributed by atoms with Gasteiger partial charge >= 0.3 is 12.6 Å². The van der Waals surface area contributed by atoms with Gasteiger partial charge in [-0.25, -0.2) is 9.78 Å². The SMILES string of the molecule is COc1ccc2nc(C(=O)OC(C)C(=O)c3ccc(OC(F)F)cc3)ccc2c1. The molecule has 0 radical (unpaired) electrons. The topological polar surface area (TPSA) is 74.7 Å². The molecule has 0 fully saturated rings. The summed E-state index contributed by atoms with van der Waals surface area (Å²) in [6, 6.07) is 13.6. The Labute approximate surface area is 165 Å². The number of aromatic nitrogens is 1. The maximum Gasteiger partial charge on any atom is 0.387 e. The van der Waals surface area contributed by atoms with Crippen LogP contribution in [0.1, 0.15) is 27.8 Å². The van der Waals surface area contributed by atoms with Crippen LogP contribution in [0, 0.1) is 0 Å². The second-order valence-corrected chi connectivity index (χ2v) is 6.07. The third kappa shape index (κ3) is 4.84. The van der Waals surface area contributed by atoms with Crippen LogP contribution < -0.4 is 9.47 Å². The second-order valence-electron chi connectivity index (χ2n) is 6.07. The Kier molecular flexibility index (Phi) is 6.01. The molecule has 150 valence electrons. The van der Waals surface area contributed by atoms with Gasteiger partial charge in [0.2, 0.25) is 5.78 Å². The van der Waals surface area contributed by atoms with E-state index in [1.54, 1.807) is 31.4 Å². The van der Waals surface area contributed by atoms with Crippen molar-refractivity contribution in [2.24, 2.45) is 0 Å². The fourth-order valence-electron chi connectivity index (χ4n) is 2.65. The van der Waals surface area contributed by atoms with E-state index >= 15 is 0 Å². The number of fused-ring (bicyclic) bond motifs is 1. The zero-order valence-corrected chi connectivity index (χ0v) is 15.6. The van der Waals surface area contributed by atoms with E-state index in [-0.39, 0.29) is 17.0 Å². The molecule has 0 bridgehead atoms. The van der Waals surface area contributed by atoms with Gasteiger partial charge in [-0.1, -0.05) is 6.07 Å². The molecule has 1 unspecified atom stereocenters. The zero-order valence-electron chi connectivity index (χ0n) is 15.6. The van der Waals surface area contributed by atoms with Crippen molar-refractivity contribution in [3.8, 4) is 11.5 Å². The first kappa shape index (κ1) is 20.2. The molecule has 0 aliphatic heterocycles. The number of halogens is 2. The van der Waals surface area contributed by atoms with Crippen molar-refractivity contribution < 1.29 is 32.6 Å². The average Bonchev–Trinajstić information content (AvgIpc) is 2.72. The number of nitrogens with zero attached hydrogens (tertiary/aromatic N) is 1. The van der Waals surface area contributed by atoms with Crippen molar-refractivity contribution in [3.05, 3.63) is 65.9 Å². The molecule has 3 aromatic rings. The number of carbonyl (C=O) groups is 2. The van der Waals surface area contributed by atoms with E-state index in [4.69, 9.17) is 9.47 Å². The Hall–Kier alpha value is -3.55. The van der Waals surface area contributed by atoms with Crippen LogP contribution in [0.2, 0.25) is 0 Å². The Morgan fingerprint density at radius 1 is 0.966 bits per heavy atom. The lowest BCUT2D eigenvalue weighted by Gasteiger charge is -2.13. The first-order valence-electron chi connectivity index (χ1n) is 8.62. The number of ether oxygens (including phenoxy) is 3. The van der Waals surface area contributed by atoms with Gasteiger partial charge in [-0.2, -0.15) is 8.78 Å². The third-order valence-corrected chi connectivity index (χ3v) is 4.12. The maximum atomic E-state index is 12.4. The van der Waals surface area contributed by atoms with Crippen molar-refractivity contribution >= 4 is 22.7 Å². The fourth-order valence-corrected chi connectivity index (χ4v) is 2.65. The third-order valence-electron chi connectivity index (χ3n) is 4.12. The number of Topliss-reactive ketones (excluding diaryl/α,β-unsaturated/α-hetero) is 1. The molecule has 0 aliphatic carbocycles. The molecule has 1 aromatic heterocycles. The summed E-state index contributed by atoms with van der Waals surface area (Å²) in [6.07, 6.45) is -1.09. The van der Waals surface area contributed by atoms with Crippen LogP contribution in [-0.2, 0) is 4.74 Å². The van der Waals surface area contributed by atoms with Crippen LogP contribution in [0.25, 0.3) is 10.9 Å². The van der Waals surface area contributed by atoms with Crippen molar-refractivity contribution in [1.82, 2.24) is 4.98 Å². The lowest BCUT2D eigenvalue weighted by molar-refractivity contribution is -0.0498. The van der Waals surface area contributed by atoms with Crippen LogP contribution in [0.3, 0.4) is 0 Å². The first-order valence-corrected chi connectivity index (χ1v) is 8.62. The number of carbonyl (C=O) groups excluding carboxylic acids is 2. The van der Waals surface area contributed by atoms with Gasteiger partial charge in [0.1, 0.15) is 17.2 Å². The zero-order chi connectivity index (χ0) is 21.0. The molecule has 0 N–H and O–H groups in total. The molecular weight excluding hydrogens is 384 g/mol. The summed E-state index contributed by atoms with van der Waals surface area (Å²) in [5.74, 6) is -0.634. The van der Waals surface area contributed by atoms with Gasteiger partial charge in [0.25, 0.3) is 0 Å². The van der Waals surface area contributed by atoms with Gasteiger partial charge in [-0.15, -0.1) is 0 Å². The molecule has 6 nitrogen and oxygen atoms in total. The summed E-state index contributed by atoms with van der Waals surface area (Å²) in [7, 11) is 1.55. The Morgan fingerprint density at radius 3 is 2.31 bits per heavy atom. The number of benzene rings is 2. The normalized spacial score (nSPS) is 11.9. The molecule has 1 atom stereocenters. The number of rotatable bonds is 7. The van der Waals surface area contributed by atoms with E-state index in [1.165, 1.54) is 37.3 Å². The molecule has 2 aromatic carbocycles. The predicted molar refractivity (Wildman–Crippen MR) is 101 cm³/mol. The number of esters is 1. The van der Waals surface area contributed by atoms with E-state index in [2.05, 4.69) is 9.72 Å². The molecule has 1 heterocycles. The first-order chi connectivity index (χ1) is 13.9. The number of alkyl halides is 2. The standard InChI is InChI=1S/C21H17F2NO5/c1-12(19(25)13-3-6-15(7-4-13)29-21(22)23)28-20(26)18-9-5-14-11-16(27-2)8-10-17(14)24-18/h3-12,21H,1-2H3. The second kappa shape index (κ2) is 8.64. The van der Waals surface area contributed by atoms with Crippen LogP contribution in [0.15, 0.2) is 54.6 Å². The predicted octanol–water partition coefficient (Wildman–Crippen LogP) is 4.27. The lowest BCUT2D eigenvalue weighted by atomic mass is 10.1. The van der Waals surface area contributed by atoms with E-state index in [9.17, 15) is 18.4 Å². The fraction of sp³-hybridized carbons (Fsp3) is 0.190. The number of hydrogen-bond donors (Lipinski definition) is 0. The molecule has 3 rings (SSSR count). The van der Waals surface area contributed by atoms with Crippen LogP contribution in [0.4, 0.5) is 8.78 Å². The highest BCUT2D eigenvalue weighted by atomic mass is 19.3. The smallest absolute Gasteiger partial charge is 0.387 e. The van der Waals surface area contributed by atoms with Gasteiger partial charge in [-0.05, 0) is 55.5 Å². The minimum Gasteiger partial charge on any atom is -0.497 e. The van der Waals surface area contributed by atoms with Crippen molar-refractivity contribution in [1.29, 1.82) is 0 Å². The van der Waals surface area contributed by atoms with E-state index in [0.717, 1.165) is 5.39 Å². The highest BCUT2D eigenvalue weighted by Gasteiger charge is 2.21. The summed E-state index contributed by atoms with van der Waals surface area (Å²) >= 11 is 0. The Bertz CT molecular complexity index is 1040. The summed E-state index contributed by atoms with van der Waals surface area (Å²) in [6.45, 7) is -1.53. The number of pyridine rings is 1.